The summed E-state index contributed by atoms with van der Waals surface area (Å²) in [7, 11) is 0. The lowest BCUT2D eigenvalue weighted by Gasteiger charge is -2.18. The molecule has 196 valence electrons. The zero-order valence-electron chi connectivity index (χ0n) is 19.2. The second kappa shape index (κ2) is 11.1. The summed E-state index contributed by atoms with van der Waals surface area (Å²) >= 11 is 0. The van der Waals surface area contributed by atoms with E-state index in [1.54, 1.807) is 23.1 Å². The van der Waals surface area contributed by atoms with E-state index in [2.05, 4.69) is 10.3 Å². The number of aromatic amines is 1. The molecular formula is C23H29F6N3O3. The van der Waals surface area contributed by atoms with Gasteiger partial charge in [-0.3, -0.25) is 9.69 Å². The summed E-state index contributed by atoms with van der Waals surface area (Å²) in [5, 5.41) is 11.9. The summed E-state index contributed by atoms with van der Waals surface area (Å²) in [6.45, 7) is 2.92. The maximum atomic E-state index is 12.2. The number of fused-ring (bicyclic) bond motifs is 2. The normalized spacial score (nSPS) is 21.4. The number of amides is 1. The van der Waals surface area contributed by atoms with E-state index in [1.165, 1.54) is 12.6 Å². The average Bonchev–Trinajstić information content (AvgIpc) is 3.42. The lowest BCUT2D eigenvalue weighted by molar-refractivity contribution is -0.205. The average molecular weight is 509 g/mol. The fourth-order valence-corrected chi connectivity index (χ4v) is 4.67. The summed E-state index contributed by atoms with van der Waals surface area (Å²) in [4.78, 5) is 16.1. The van der Waals surface area contributed by atoms with Gasteiger partial charge in [0.15, 0.2) is 6.10 Å². The molecule has 3 unspecified atom stereocenters. The van der Waals surface area contributed by atoms with Crippen LogP contribution in [0.1, 0.15) is 32.6 Å². The third kappa shape index (κ3) is 7.76. The first kappa shape index (κ1) is 27.1. The number of aliphatic hydroxyl groups is 1. The van der Waals surface area contributed by atoms with E-state index in [9.17, 15) is 31.1 Å². The number of likely N-dealkylation sites (tertiary alicyclic amines) is 1. The van der Waals surface area contributed by atoms with Crippen molar-refractivity contribution in [1.29, 1.82) is 0 Å². The number of halogens is 6. The van der Waals surface area contributed by atoms with Crippen LogP contribution >= 0.6 is 0 Å². The van der Waals surface area contributed by atoms with E-state index in [0.717, 1.165) is 12.8 Å². The molecule has 1 aliphatic heterocycles. The van der Waals surface area contributed by atoms with Crippen molar-refractivity contribution in [3.63, 3.8) is 0 Å². The SMILES string of the molecule is CCOc1ccc2[nH]cc(NC(=O)CC(O)C(F)(F)F)c2c1.FC(F)(F)CN1CC2CCCC2C1. The van der Waals surface area contributed by atoms with E-state index in [-0.39, 0.29) is 0 Å². The van der Waals surface area contributed by atoms with E-state index >= 15 is 0 Å². The summed E-state index contributed by atoms with van der Waals surface area (Å²) < 4.78 is 78.1. The van der Waals surface area contributed by atoms with Gasteiger partial charge in [-0.2, -0.15) is 26.3 Å². The number of ether oxygens (including phenoxy) is 1. The van der Waals surface area contributed by atoms with Crippen LogP contribution in [0.5, 0.6) is 5.75 Å². The molecule has 2 aliphatic rings. The van der Waals surface area contributed by atoms with Gasteiger partial charge in [0, 0.05) is 30.2 Å². The van der Waals surface area contributed by atoms with Crippen LogP contribution in [0.2, 0.25) is 0 Å². The molecule has 1 saturated heterocycles. The number of hydrogen-bond acceptors (Lipinski definition) is 4. The van der Waals surface area contributed by atoms with Gasteiger partial charge in [-0.05, 0) is 49.8 Å². The molecule has 2 heterocycles. The van der Waals surface area contributed by atoms with Crippen molar-refractivity contribution in [3.8, 4) is 5.75 Å². The highest BCUT2D eigenvalue weighted by molar-refractivity contribution is 6.02. The van der Waals surface area contributed by atoms with Crippen molar-refractivity contribution in [3.05, 3.63) is 24.4 Å². The van der Waals surface area contributed by atoms with Crippen LogP contribution in [-0.2, 0) is 4.79 Å². The number of aromatic nitrogens is 1. The third-order valence-electron chi connectivity index (χ3n) is 6.20. The van der Waals surface area contributed by atoms with Crippen LogP contribution in [0.25, 0.3) is 10.9 Å². The number of anilines is 1. The first-order valence-corrected chi connectivity index (χ1v) is 11.4. The molecule has 0 bridgehead atoms. The summed E-state index contributed by atoms with van der Waals surface area (Å²) in [5.74, 6) is 0.776. The molecule has 1 saturated carbocycles. The molecular weight excluding hydrogens is 480 g/mol. The maximum Gasteiger partial charge on any atom is 0.414 e. The van der Waals surface area contributed by atoms with E-state index in [1.807, 2.05) is 6.92 Å². The zero-order chi connectivity index (χ0) is 25.8. The van der Waals surface area contributed by atoms with Gasteiger partial charge < -0.3 is 20.1 Å². The van der Waals surface area contributed by atoms with Crippen LogP contribution in [0.15, 0.2) is 24.4 Å². The fraction of sp³-hybridized carbons (Fsp3) is 0.609. The lowest BCUT2D eigenvalue weighted by atomic mass is 10.0. The molecule has 2 fully saturated rings. The minimum Gasteiger partial charge on any atom is -0.494 e. The second-order valence-electron chi connectivity index (χ2n) is 8.91. The van der Waals surface area contributed by atoms with Gasteiger partial charge in [-0.25, -0.2) is 0 Å². The molecule has 0 spiro atoms. The Bertz CT molecular complexity index is 979. The first-order valence-electron chi connectivity index (χ1n) is 11.4. The number of carbonyl (C=O) groups excluding carboxylic acids is 1. The Morgan fingerprint density at radius 1 is 1.20 bits per heavy atom. The molecule has 3 N–H and O–H groups in total. The molecule has 3 atom stereocenters. The number of nitrogens with zero attached hydrogens (tertiary/aromatic N) is 1. The molecule has 1 amide bonds. The van der Waals surface area contributed by atoms with Crippen LogP contribution < -0.4 is 10.1 Å². The molecule has 1 aliphatic carbocycles. The number of carbonyl (C=O) groups is 1. The van der Waals surface area contributed by atoms with Gasteiger partial charge >= 0.3 is 12.4 Å². The maximum absolute atomic E-state index is 12.2. The predicted molar refractivity (Wildman–Crippen MR) is 118 cm³/mol. The number of H-pyrrole nitrogens is 1. The van der Waals surface area contributed by atoms with Gasteiger partial charge in [-0.15, -0.1) is 0 Å². The van der Waals surface area contributed by atoms with Crippen LogP contribution in [0.4, 0.5) is 32.0 Å². The molecule has 2 aromatic rings. The number of alkyl halides is 6. The van der Waals surface area contributed by atoms with Crippen molar-refractivity contribution < 1.29 is 41.0 Å². The molecule has 4 rings (SSSR count). The molecule has 12 heteroatoms. The van der Waals surface area contributed by atoms with E-state index in [4.69, 9.17) is 9.84 Å². The summed E-state index contributed by atoms with van der Waals surface area (Å²) in [5.41, 5.74) is 1.03. The lowest BCUT2D eigenvalue weighted by Crippen LogP contribution is -2.33. The fourth-order valence-electron chi connectivity index (χ4n) is 4.67. The molecule has 6 nitrogen and oxygen atoms in total. The molecule has 35 heavy (non-hydrogen) atoms. The highest BCUT2D eigenvalue weighted by Gasteiger charge is 2.41. The minimum absolute atomic E-state index is 0.330. The number of hydrogen-bond donors (Lipinski definition) is 3. The minimum atomic E-state index is -4.82. The van der Waals surface area contributed by atoms with Gasteiger partial charge in [0.05, 0.1) is 25.3 Å². The van der Waals surface area contributed by atoms with Crippen molar-refractivity contribution in [1.82, 2.24) is 9.88 Å². The number of rotatable bonds is 6. The van der Waals surface area contributed by atoms with Crippen molar-refractivity contribution in [2.24, 2.45) is 11.8 Å². The van der Waals surface area contributed by atoms with Crippen LogP contribution in [0, 0.1) is 11.8 Å². The third-order valence-corrected chi connectivity index (χ3v) is 6.20. The highest BCUT2D eigenvalue weighted by atomic mass is 19.4. The largest absolute Gasteiger partial charge is 0.494 e. The van der Waals surface area contributed by atoms with Crippen molar-refractivity contribution >= 4 is 22.5 Å². The van der Waals surface area contributed by atoms with Crippen molar-refractivity contribution in [2.75, 3.05) is 31.6 Å². The Morgan fingerprint density at radius 2 is 1.86 bits per heavy atom. The standard InChI is InChI=1S/C14H15F3N2O3.C9H14F3N/c1-2-22-8-3-4-10-9(5-8)11(7-18-10)19-13(21)6-12(20)14(15,16)17;10-9(11,12)6-13-4-7-2-1-3-8(7)5-13/h3-5,7,12,18,20H,2,6H2,1H3,(H,19,21);7-8H,1-6H2. The van der Waals surface area contributed by atoms with Crippen molar-refractivity contribution in [2.45, 2.75) is 51.1 Å². The van der Waals surface area contributed by atoms with Crippen LogP contribution in [0.3, 0.4) is 0 Å². The number of nitrogens with one attached hydrogen (secondary N) is 2. The Labute approximate surface area is 198 Å². The number of aliphatic hydroxyl groups excluding tert-OH is 1. The predicted octanol–water partition coefficient (Wildman–Crippen LogP) is 5.10. The van der Waals surface area contributed by atoms with Gasteiger partial charge in [0.1, 0.15) is 5.75 Å². The molecule has 1 aromatic heterocycles. The second-order valence-corrected chi connectivity index (χ2v) is 8.91. The Morgan fingerprint density at radius 3 is 2.43 bits per heavy atom. The van der Waals surface area contributed by atoms with E-state index < -0.39 is 37.3 Å². The van der Waals surface area contributed by atoms with Gasteiger partial charge in [-0.1, -0.05) is 6.42 Å². The summed E-state index contributed by atoms with van der Waals surface area (Å²) in [6, 6.07) is 5.15. The Balaban J connectivity index is 0.000000223. The van der Waals surface area contributed by atoms with Gasteiger partial charge in [0.2, 0.25) is 5.91 Å². The monoisotopic (exact) mass is 509 g/mol. The quantitative estimate of drug-likeness (QED) is 0.474. The molecule has 0 radical (unpaired) electrons. The number of benzene rings is 1. The van der Waals surface area contributed by atoms with E-state index in [0.29, 0.717) is 53.9 Å². The Hall–Kier alpha value is -2.47. The zero-order valence-corrected chi connectivity index (χ0v) is 19.2. The molecule has 1 aromatic carbocycles. The smallest absolute Gasteiger partial charge is 0.414 e. The Kier molecular flexibility index (Phi) is 8.58. The topological polar surface area (TPSA) is 77.6 Å². The first-order chi connectivity index (χ1) is 16.4. The van der Waals surface area contributed by atoms with Crippen LogP contribution in [-0.4, -0.2) is 65.6 Å². The summed E-state index contributed by atoms with van der Waals surface area (Å²) in [6.07, 6.45) is -7.61. The highest BCUT2D eigenvalue weighted by Crippen LogP contribution is 2.38. The van der Waals surface area contributed by atoms with Gasteiger partial charge in [0.25, 0.3) is 0 Å².